The molecule has 2 saturated heterocycles. The van der Waals surface area contributed by atoms with E-state index in [-0.39, 0.29) is 18.2 Å². The second kappa shape index (κ2) is 9.51. The van der Waals surface area contributed by atoms with Crippen molar-refractivity contribution >= 4 is 23.0 Å². The molecule has 4 heterocycles. The summed E-state index contributed by atoms with van der Waals surface area (Å²) in [5, 5.41) is 0. The zero-order valence-electron chi connectivity index (χ0n) is 21.8. The summed E-state index contributed by atoms with van der Waals surface area (Å²) in [6.45, 7) is 11.6. The summed E-state index contributed by atoms with van der Waals surface area (Å²) in [4.78, 5) is 27.2. The molecule has 0 unspecified atom stereocenters. The number of aromatic nitrogens is 4. The largest absolute Gasteiger partial charge is 0.466 e. The highest BCUT2D eigenvalue weighted by Gasteiger charge is 2.63. The smallest absolute Gasteiger partial charge is 0.305 e. The predicted octanol–water partition coefficient (Wildman–Crippen LogP) is 2.44. The summed E-state index contributed by atoms with van der Waals surface area (Å²) in [6.07, 6.45) is 6.13. The van der Waals surface area contributed by atoms with Crippen LogP contribution in [-0.2, 0) is 29.5 Å². The lowest BCUT2D eigenvalue weighted by Gasteiger charge is -2.46. The highest BCUT2D eigenvalue weighted by Crippen LogP contribution is 2.48. The molecule has 5 rings (SSSR count). The molecule has 0 bridgehead atoms. The number of hydrogen-bond acceptors (Lipinski definition) is 10. The third kappa shape index (κ3) is 4.46. The molecule has 3 aliphatic rings. The first kappa shape index (κ1) is 25.3. The third-order valence-corrected chi connectivity index (χ3v) is 7.69. The van der Waals surface area contributed by atoms with Gasteiger partial charge in [-0.3, -0.25) is 14.3 Å². The van der Waals surface area contributed by atoms with Crippen LogP contribution in [0.1, 0.15) is 60.3 Å². The van der Waals surface area contributed by atoms with E-state index in [1.54, 1.807) is 6.33 Å². The van der Waals surface area contributed by atoms with E-state index in [9.17, 15) is 4.79 Å². The molecule has 1 aliphatic carbocycles. The monoisotopic (exact) mass is 502 g/mol. The number of carbonyl (C=O) groups excluding carboxylic acids is 1. The lowest BCUT2D eigenvalue weighted by Crippen LogP contribution is -2.53. The number of rotatable bonds is 9. The van der Waals surface area contributed by atoms with Crippen LogP contribution in [-0.4, -0.2) is 80.2 Å². The standard InChI is InChI=1S/C25H38N6O5/c1-6-33-19(32)8-7-16-9-17(10-16)30(15(2)3)11-18-21-25(12-34-18,36-24(4,5)35-21)31-14-29-20-22(26)27-13-28-23(20)31/h13-18,21H,6-12H2,1-5H3,(H2,26,27,28)/t16?,17?,18-,21-,25+/m1/s1. The zero-order valence-corrected chi connectivity index (χ0v) is 21.8. The summed E-state index contributed by atoms with van der Waals surface area (Å²) in [6, 6.07) is 0.796. The van der Waals surface area contributed by atoms with Gasteiger partial charge in [0.2, 0.25) is 5.72 Å². The predicted molar refractivity (Wildman–Crippen MR) is 132 cm³/mol. The minimum absolute atomic E-state index is 0.0996. The van der Waals surface area contributed by atoms with Crippen LogP contribution >= 0.6 is 0 Å². The minimum atomic E-state index is -0.895. The average molecular weight is 503 g/mol. The number of nitrogen functional groups attached to an aromatic ring is 1. The van der Waals surface area contributed by atoms with Crippen molar-refractivity contribution in [3.63, 3.8) is 0 Å². The number of esters is 1. The topological polar surface area (TPSA) is 127 Å². The maximum Gasteiger partial charge on any atom is 0.305 e. The summed E-state index contributed by atoms with van der Waals surface area (Å²) < 4.78 is 26.3. The van der Waals surface area contributed by atoms with Crippen LogP contribution in [0.2, 0.25) is 0 Å². The molecule has 11 nitrogen and oxygen atoms in total. The van der Waals surface area contributed by atoms with Crippen LogP contribution in [0.3, 0.4) is 0 Å². The Hall–Kier alpha value is -2.34. The fourth-order valence-electron chi connectivity index (χ4n) is 5.98. The Morgan fingerprint density at radius 1 is 1.31 bits per heavy atom. The molecule has 1 saturated carbocycles. The zero-order chi connectivity index (χ0) is 25.7. The van der Waals surface area contributed by atoms with Crippen molar-refractivity contribution in [1.29, 1.82) is 0 Å². The van der Waals surface area contributed by atoms with Crippen LogP contribution in [0, 0.1) is 5.92 Å². The molecule has 198 valence electrons. The van der Waals surface area contributed by atoms with E-state index in [0.717, 1.165) is 25.8 Å². The number of nitrogens with two attached hydrogens (primary N) is 1. The van der Waals surface area contributed by atoms with Gasteiger partial charge in [-0.05, 0) is 59.8 Å². The molecule has 3 atom stereocenters. The number of fused-ring (bicyclic) bond motifs is 2. The summed E-state index contributed by atoms with van der Waals surface area (Å²) in [7, 11) is 0. The van der Waals surface area contributed by atoms with Gasteiger partial charge in [-0.2, -0.15) is 0 Å². The molecule has 2 aliphatic heterocycles. The Balaban J connectivity index is 1.31. The number of hydrogen-bond donors (Lipinski definition) is 1. The van der Waals surface area contributed by atoms with Crippen LogP contribution in [0.5, 0.6) is 0 Å². The second-order valence-corrected chi connectivity index (χ2v) is 10.9. The van der Waals surface area contributed by atoms with Crippen LogP contribution in [0.15, 0.2) is 12.7 Å². The maximum atomic E-state index is 11.7. The Bertz CT molecular complexity index is 1100. The maximum absolute atomic E-state index is 11.7. The van der Waals surface area contributed by atoms with E-state index in [1.165, 1.54) is 6.33 Å². The number of ether oxygens (including phenoxy) is 4. The van der Waals surface area contributed by atoms with Gasteiger partial charge in [0.05, 0.1) is 19.5 Å². The molecule has 2 aromatic heterocycles. The van der Waals surface area contributed by atoms with E-state index >= 15 is 0 Å². The molecule has 36 heavy (non-hydrogen) atoms. The van der Waals surface area contributed by atoms with E-state index in [1.807, 2.05) is 25.3 Å². The highest BCUT2D eigenvalue weighted by atomic mass is 16.8. The SMILES string of the molecule is CCOC(=O)CCC1CC(N(C[C@H]2OC[C@]3(n4cnc5c(N)ncnc54)OC(C)(C)O[C@H]23)C(C)C)C1. The molecule has 2 aromatic rings. The summed E-state index contributed by atoms with van der Waals surface area (Å²) in [5.74, 6) is -0.0120. The summed E-state index contributed by atoms with van der Waals surface area (Å²) in [5.41, 5.74) is 6.28. The summed E-state index contributed by atoms with van der Waals surface area (Å²) >= 11 is 0. The molecule has 11 heteroatoms. The van der Waals surface area contributed by atoms with Gasteiger partial charge < -0.3 is 24.7 Å². The van der Waals surface area contributed by atoms with E-state index < -0.39 is 11.5 Å². The van der Waals surface area contributed by atoms with Gasteiger partial charge in [-0.15, -0.1) is 0 Å². The van der Waals surface area contributed by atoms with Crippen molar-refractivity contribution in [2.45, 2.75) is 96.1 Å². The number of nitrogens with zero attached hydrogens (tertiary/aromatic N) is 5. The van der Waals surface area contributed by atoms with Gasteiger partial charge in [-0.1, -0.05) is 0 Å². The van der Waals surface area contributed by atoms with Crippen molar-refractivity contribution < 1.29 is 23.7 Å². The van der Waals surface area contributed by atoms with Gasteiger partial charge in [0.15, 0.2) is 17.3 Å². The fraction of sp³-hybridized carbons (Fsp3) is 0.760. The van der Waals surface area contributed by atoms with Gasteiger partial charge >= 0.3 is 5.97 Å². The lowest BCUT2D eigenvalue weighted by atomic mass is 9.76. The molecule has 2 N–H and O–H groups in total. The molecule has 0 radical (unpaired) electrons. The molecule has 0 amide bonds. The number of carbonyl (C=O) groups is 1. The Morgan fingerprint density at radius 3 is 2.81 bits per heavy atom. The van der Waals surface area contributed by atoms with E-state index in [4.69, 9.17) is 24.7 Å². The fourth-order valence-corrected chi connectivity index (χ4v) is 5.98. The average Bonchev–Trinajstić information content (AvgIpc) is 3.42. The van der Waals surface area contributed by atoms with Crippen LogP contribution < -0.4 is 5.73 Å². The van der Waals surface area contributed by atoms with Gasteiger partial charge in [0.1, 0.15) is 24.1 Å². The van der Waals surface area contributed by atoms with Gasteiger partial charge in [0.25, 0.3) is 0 Å². The first-order chi connectivity index (χ1) is 17.1. The minimum Gasteiger partial charge on any atom is -0.466 e. The number of anilines is 1. The molecular weight excluding hydrogens is 464 g/mol. The molecule has 0 aromatic carbocycles. The highest BCUT2D eigenvalue weighted by molar-refractivity contribution is 5.81. The van der Waals surface area contributed by atoms with Crippen molar-refractivity contribution in [3.05, 3.63) is 12.7 Å². The Morgan fingerprint density at radius 2 is 2.08 bits per heavy atom. The van der Waals surface area contributed by atoms with Gasteiger partial charge in [-0.25, -0.2) is 15.0 Å². The van der Waals surface area contributed by atoms with Crippen molar-refractivity contribution in [1.82, 2.24) is 24.4 Å². The van der Waals surface area contributed by atoms with Crippen molar-refractivity contribution in [3.8, 4) is 0 Å². The number of imidazole rings is 1. The van der Waals surface area contributed by atoms with E-state index in [0.29, 0.717) is 54.6 Å². The quantitative estimate of drug-likeness (QED) is 0.511. The van der Waals surface area contributed by atoms with Crippen molar-refractivity contribution in [2.75, 3.05) is 25.5 Å². The first-order valence-electron chi connectivity index (χ1n) is 13.0. The van der Waals surface area contributed by atoms with Crippen molar-refractivity contribution in [2.24, 2.45) is 5.92 Å². The van der Waals surface area contributed by atoms with Crippen LogP contribution in [0.25, 0.3) is 11.2 Å². The lowest BCUT2D eigenvalue weighted by molar-refractivity contribution is -0.206. The molecular formula is C25H38N6O5. The van der Waals surface area contributed by atoms with Crippen LogP contribution in [0.4, 0.5) is 5.82 Å². The Labute approximate surface area is 211 Å². The van der Waals surface area contributed by atoms with E-state index in [2.05, 4.69) is 33.7 Å². The Kier molecular flexibility index (Phi) is 6.69. The van der Waals surface area contributed by atoms with Gasteiger partial charge in [0, 0.05) is 25.0 Å². The first-order valence-corrected chi connectivity index (χ1v) is 13.0. The third-order valence-electron chi connectivity index (χ3n) is 7.69. The molecule has 0 spiro atoms. The molecule has 3 fully saturated rings. The normalized spacial score (nSPS) is 31.2. The second-order valence-electron chi connectivity index (χ2n) is 10.9.